The lowest BCUT2D eigenvalue weighted by atomic mass is 10.2. The second kappa shape index (κ2) is 11.0. The molecule has 1 unspecified atom stereocenters. The Morgan fingerprint density at radius 1 is 0.897 bits per heavy atom. The molecule has 11 nitrogen and oxygen atoms in total. The van der Waals surface area contributed by atoms with E-state index in [1.165, 1.54) is 4.57 Å². The molecule has 1 N–H and O–H groups in total. The van der Waals surface area contributed by atoms with Gasteiger partial charge in [-0.3, -0.25) is 13.9 Å². The summed E-state index contributed by atoms with van der Waals surface area (Å²) in [4.78, 5) is 38.2. The molecule has 0 fully saturated rings. The highest BCUT2D eigenvalue weighted by Crippen LogP contribution is 2.27. The molecule has 3 aromatic heterocycles. The fourth-order valence-electron chi connectivity index (χ4n) is 4.35. The lowest BCUT2D eigenvalue weighted by Gasteiger charge is -2.11. The van der Waals surface area contributed by atoms with Crippen LogP contribution in [-0.2, 0) is 13.1 Å². The molecule has 0 saturated heterocycles. The van der Waals surface area contributed by atoms with E-state index in [1.54, 1.807) is 23.8 Å². The van der Waals surface area contributed by atoms with Crippen molar-refractivity contribution < 1.29 is 14.0 Å². The van der Waals surface area contributed by atoms with Gasteiger partial charge in [-0.1, -0.05) is 19.0 Å². The minimum atomic E-state index is -0.460. The van der Waals surface area contributed by atoms with Crippen LogP contribution in [0.5, 0.6) is 11.5 Å². The molecule has 5 aromatic rings. The number of H-pyrrole nitrogens is 1. The summed E-state index contributed by atoms with van der Waals surface area (Å²) in [5.41, 5.74) is 1.54. The van der Waals surface area contributed by atoms with Gasteiger partial charge in [-0.05, 0) is 68.3 Å². The molecule has 2 aromatic carbocycles. The quantitative estimate of drug-likeness (QED) is 0.278. The molecule has 0 saturated carbocycles. The van der Waals surface area contributed by atoms with Gasteiger partial charge in [-0.2, -0.15) is 4.98 Å². The highest BCUT2D eigenvalue weighted by atomic mass is 16.5. The van der Waals surface area contributed by atoms with E-state index in [4.69, 9.17) is 14.0 Å². The third kappa shape index (κ3) is 5.07. The SMILES string of the molecule is CCCn1c(=O)c2[nH]c(-c3ccc(OC(C)c4noc(-c5ccc(OC)cc5)n4)cc3)nc2n(CCC)c1=O. The summed E-state index contributed by atoms with van der Waals surface area (Å²) in [7, 11) is 1.61. The molecular formula is C28H30N6O5. The molecule has 0 aliphatic carbocycles. The molecule has 0 bridgehead atoms. The second-order valence-corrected chi connectivity index (χ2v) is 9.15. The Hall–Kier alpha value is -4.67. The first-order valence-corrected chi connectivity index (χ1v) is 12.9. The first kappa shape index (κ1) is 26.0. The maximum atomic E-state index is 13.0. The number of hydrogen-bond donors (Lipinski definition) is 1. The molecule has 3 heterocycles. The summed E-state index contributed by atoms with van der Waals surface area (Å²) in [6.45, 7) is 6.59. The van der Waals surface area contributed by atoms with Gasteiger partial charge in [0.2, 0.25) is 5.82 Å². The van der Waals surface area contributed by atoms with E-state index in [0.29, 0.717) is 54.0 Å². The number of aromatic nitrogens is 6. The van der Waals surface area contributed by atoms with Crippen molar-refractivity contribution in [3.05, 3.63) is 75.2 Å². The minimum absolute atomic E-state index is 0.324. The molecule has 0 amide bonds. The molecule has 0 aliphatic rings. The van der Waals surface area contributed by atoms with E-state index in [2.05, 4.69) is 20.1 Å². The molecule has 202 valence electrons. The van der Waals surface area contributed by atoms with Gasteiger partial charge in [-0.25, -0.2) is 9.78 Å². The summed E-state index contributed by atoms with van der Waals surface area (Å²) in [5, 5.41) is 4.06. The predicted octanol–water partition coefficient (Wildman–Crippen LogP) is 4.57. The monoisotopic (exact) mass is 530 g/mol. The van der Waals surface area contributed by atoms with Crippen LogP contribution in [0.25, 0.3) is 34.0 Å². The van der Waals surface area contributed by atoms with Gasteiger partial charge in [0.15, 0.2) is 11.8 Å². The average Bonchev–Trinajstić information content (AvgIpc) is 3.63. The number of hydrogen-bond acceptors (Lipinski definition) is 8. The summed E-state index contributed by atoms with van der Waals surface area (Å²) in [6, 6.07) is 14.6. The molecule has 39 heavy (non-hydrogen) atoms. The topological polar surface area (TPSA) is 130 Å². The minimum Gasteiger partial charge on any atom is -0.497 e. The zero-order chi connectivity index (χ0) is 27.5. The van der Waals surface area contributed by atoms with Crippen molar-refractivity contribution in [1.82, 2.24) is 29.2 Å². The van der Waals surface area contributed by atoms with Gasteiger partial charge in [0.05, 0.1) is 7.11 Å². The number of ether oxygens (including phenoxy) is 2. The number of nitrogens with one attached hydrogen (secondary N) is 1. The maximum Gasteiger partial charge on any atom is 0.332 e. The Morgan fingerprint density at radius 3 is 2.21 bits per heavy atom. The lowest BCUT2D eigenvalue weighted by Crippen LogP contribution is -2.40. The normalized spacial score (nSPS) is 12.1. The Bertz CT molecular complexity index is 1700. The molecule has 0 radical (unpaired) electrons. The zero-order valence-electron chi connectivity index (χ0n) is 22.3. The van der Waals surface area contributed by atoms with Crippen molar-refractivity contribution in [3.63, 3.8) is 0 Å². The van der Waals surface area contributed by atoms with Crippen LogP contribution in [0.4, 0.5) is 0 Å². The van der Waals surface area contributed by atoms with Gasteiger partial charge in [0.1, 0.15) is 22.8 Å². The molecule has 0 aliphatic heterocycles. The number of aryl methyl sites for hydroxylation is 1. The highest BCUT2D eigenvalue weighted by molar-refractivity contribution is 5.75. The number of methoxy groups -OCH3 is 1. The molecule has 5 rings (SSSR count). The Labute approximate surface area is 224 Å². The first-order chi connectivity index (χ1) is 18.9. The zero-order valence-corrected chi connectivity index (χ0v) is 22.3. The van der Waals surface area contributed by atoms with E-state index in [0.717, 1.165) is 23.3 Å². The van der Waals surface area contributed by atoms with Crippen molar-refractivity contribution in [2.24, 2.45) is 0 Å². The largest absolute Gasteiger partial charge is 0.497 e. The van der Waals surface area contributed by atoms with Gasteiger partial charge in [0, 0.05) is 24.2 Å². The number of rotatable bonds is 10. The number of benzene rings is 2. The fraction of sp³-hybridized carbons (Fsp3) is 0.321. The number of imidazole rings is 1. The number of nitrogens with zero attached hydrogens (tertiary/aromatic N) is 5. The van der Waals surface area contributed by atoms with Crippen LogP contribution >= 0.6 is 0 Å². The second-order valence-electron chi connectivity index (χ2n) is 9.15. The van der Waals surface area contributed by atoms with E-state index < -0.39 is 6.10 Å². The molecule has 1 atom stereocenters. The number of aromatic amines is 1. The summed E-state index contributed by atoms with van der Waals surface area (Å²) < 4.78 is 19.5. The van der Waals surface area contributed by atoms with Gasteiger partial charge in [0.25, 0.3) is 11.4 Å². The molecular weight excluding hydrogens is 500 g/mol. The van der Waals surface area contributed by atoms with Crippen LogP contribution in [0.2, 0.25) is 0 Å². The third-order valence-corrected chi connectivity index (χ3v) is 6.34. The summed E-state index contributed by atoms with van der Waals surface area (Å²) >= 11 is 0. The van der Waals surface area contributed by atoms with Crippen LogP contribution in [-0.4, -0.2) is 36.4 Å². The Morgan fingerprint density at radius 2 is 1.54 bits per heavy atom. The van der Waals surface area contributed by atoms with Crippen LogP contribution < -0.4 is 20.7 Å². The highest BCUT2D eigenvalue weighted by Gasteiger charge is 2.19. The van der Waals surface area contributed by atoms with Crippen molar-refractivity contribution in [2.75, 3.05) is 7.11 Å². The fourth-order valence-corrected chi connectivity index (χ4v) is 4.35. The van der Waals surface area contributed by atoms with E-state index in [-0.39, 0.29) is 11.2 Å². The summed E-state index contributed by atoms with van der Waals surface area (Å²) in [5.74, 6) is 2.65. The Kier molecular flexibility index (Phi) is 7.31. The van der Waals surface area contributed by atoms with Crippen LogP contribution in [0.15, 0.2) is 62.6 Å². The van der Waals surface area contributed by atoms with Gasteiger partial charge < -0.3 is 19.0 Å². The Balaban J connectivity index is 1.36. The van der Waals surface area contributed by atoms with Crippen LogP contribution in [0.3, 0.4) is 0 Å². The average molecular weight is 531 g/mol. The molecule has 11 heteroatoms. The van der Waals surface area contributed by atoms with Gasteiger partial charge >= 0.3 is 5.69 Å². The van der Waals surface area contributed by atoms with Crippen molar-refractivity contribution in [3.8, 4) is 34.3 Å². The van der Waals surface area contributed by atoms with E-state index >= 15 is 0 Å². The first-order valence-electron chi connectivity index (χ1n) is 12.9. The third-order valence-electron chi connectivity index (χ3n) is 6.34. The van der Waals surface area contributed by atoms with Crippen molar-refractivity contribution >= 4 is 11.2 Å². The van der Waals surface area contributed by atoms with E-state index in [9.17, 15) is 9.59 Å². The lowest BCUT2D eigenvalue weighted by molar-refractivity contribution is 0.211. The smallest absolute Gasteiger partial charge is 0.332 e. The predicted molar refractivity (Wildman–Crippen MR) is 146 cm³/mol. The van der Waals surface area contributed by atoms with Crippen LogP contribution in [0.1, 0.15) is 45.5 Å². The van der Waals surface area contributed by atoms with Gasteiger partial charge in [-0.15, -0.1) is 0 Å². The molecule has 0 spiro atoms. The standard InChI is InChI=1S/C28H30N6O5/c1-5-15-33-25-22(27(35)34(16-6-2)28(33)36)29-24(30-25)18-7-13-21(14-8-18)38-17(3)23-31-26(39-32-23)19-9-11-20(37-4)12-10-19/h7-14,17H,5-6,15-16H2,1-4H3,(H,29,30). The summed E-state index contributed by atoms with van der Waals surface area (Å²) in [6.07, 6.45) is 0.965. The maximum absolute atomic E-state index is 13.0. The number of fused-ring (bicyclic) bond motifs is 1. The van der Waals surface area contributed by atoms with E-state index in [1.807, 2.05) is 57.2 Å². The van der Waals surface area contributed by atoms with Crippen molar-refractivity contribution in [1.29, 1.82) is 0 Å². The van der Waals surface area contributed by atoms with Crippen LogP contribution in [0, 0.1) is 0 Å². The van der Waals surface area contributed by atoms with Crippen molar-refractivity contribution in [2.45, 2.75) is 52.8 Å².